The first-order valence-corrected chi connectivity index (χ1v) is 6.23. The maximum atomic E-state index is 11.3. The van der Waals surface area contributed by atoms with Gasteiger partial charge in [-0.2, -0.15) is 0 Å². The zero-order valence-corrected chi connectivity index (χ0v) is 10.5. The second-order valence-electron chi connectivity index (χ2n) is 3.70. The summed E-state index contributed by atoms with van der Waals surface area (Å²) in [6, 6.07) is 1.76. The Bertz CT molecular complexity index is 390. The Morgan fingerprint density at radius 1 is 1.41 bits per heavy atom. The number of aliphatic carboxylic acids is 1. The second-order valence-corrected chi connectivity index (χ2v) is 4.69. The van der Waals surface area contributed by atoms with Crippen LogP contribution in [0.25, 0.3) is 0 Å². The van der Waals surface area contributed by atoms with Crippen molar-refractivity contribution in [2.75, 3.05) is 6.54 Å². The summed E-state index contributed by atoms with van der Waals surface area (Å²) in [5.74, 6) is -0.846. The van der Waals surface area contributed by atoms with Gasteiger partial charge in [-0.25, -0.2) is 4.79 Å². The molecular weight excluding hydrogens is 240 g/mol. The normalized spacial score (nSPS) is 9.94. The molecule has 5 nitrogen and oxygen atoms in total. The van der Waals surface area contributed by atoms with Gasteiger partial charge < -0.3 is 15.7 Å². The summed E-state index contributed by atoms with van der Waals surface area (Å²) < 4.78 is 0. The van der Waals surface area contributed by atoms with Crippen LogP contribution in [0.15, 0.2) is 11.4 Å². The van der Waals surface area contributed by atoms with Crippen molar-refractivity contribution < 1.29 is 14.7 Å². The minimum atomic E-state index is -0.846. The number of amides is 2. The van der Waals surface area contributed by atoms with Crippen LogP contribution in [0.3, 0.4) is 0 Å². The highest BCUT2D eigenvalue weighted by Gasteiger charge is 2.02. The molecule has 0 saturated carbocycles. The van der Waals surface area contributed by atoms with E-state index in [1.165, 1.54) is 5.56 Å². The van der Waals surface area contributed by atoms with E-state index in [0.717, 1.165) is 4.88 Å². The van der Waals surface area contributed by atoms with E-state index in [9.17, 15) is 9.59 Å². The number of carbonyl (C=O) groups is 2. The molecule has 1 aromatic rings. The van der Waals surface area contributed by atoms with E-state index in [-0.39, 0.29) is 12.5 Å². The molecule has 1 aromatic heterocycles. The molecule has 6 heteroatoms. The van der Waals surface area contributed by atoms with Crippen LogP contribution in [-0.2, 0) is 11.3 Å². The number of aryl methyl sites for hydroxylation is 1. The molecule has 0 aromatic carbocycles. The first-order chi connectivity index (χ1) is 8.08. The SMILES string of the molecule is Cc1csc(CNC(=O)NCCCC(=O)O)c1. The fourth-order valence-electron chi connectivity index (χ4n) is 1.25. The predicted molar refractivity (Wildman–Crippen MR) is 66.2 cm³/mol. The van der Waals surface area contributed by atoms with Crippen LogP contribution in [0.5, 0.6) is 0 Å². The molecule has 0 spiro atoms. The maximum absolute atomic E-state index is 11.3. The molecule has 0 unspecified atom stereocenters. The van der Waals surface area contributed by atoms with E-state index >= 15 is 0 Å². The fourth-order valence-corrected chi connectivity index (χ4v) is 2.07. The van der Waals surface area contributed by atoms with Crippen molar-refractivity contribution >= 4 is 23.3 Å². The Balaban J connectivity index is 2.11. The fraction of sp³-hybridized carbons (Fsp3) is 0.455. The summed E-state index contributed by atoms with van der Waals surface area (Å²) in [4.78, 5) is 22.6. The quantitative estimate of drug-likeness (QED) is 0.678. The molecule has 3 N–H and O–H groups in total. The standard InChI is InChI=1S/C11H16N2O3S/c1-8-5-9(17-7-8)6-13-11(16)12-4-2-3-10(14)15/h5,7H,2-4,6H2,1H3,(H,14,15)(H2,12,13,16). The molecule has 0 atom stereocenters. The number of carbonyl (C=O) groups excluding carboxylic acids is 1. The van der Waals surface area contributed by atoms with E-state index in [1.807, 2.05) is 18.4 Å². The maximum Gasteiger partial charge on any atom is 0.315 e. The van der Waals surface area contributed by atoms with E-state index in [2.05, 4.69) is 10.6 Å². The molecule has 0 radical (unpaired) electrons. The molecule has 0 aliphatic heterocycles. The number of nitrogens with one attached hydrogen (secondary N) is 2. The van der Waals surface area contributed by atoms with Crippen LogP contribution in [0.1, 0.15) is 23.3 Å². The lowest BCUT2D eigenvalue weighted by Crippen LogP contribution is -2.35. The Kier molecular flexibility index (Phi) is 5.48. The summed E-state index contributed by atoms with van der Waals surface area (Å²) in [6.07, 6.45) is 0.519. The predicted octanol–water partition coefficient (Wildman–Crippen LogP) is 1.72. The molecule has 1 heterocycles. The number of rotatable bonds is 6. The van der Waals surface area contributed by atoms with Crippen molar-refractivity contribution in [2.45, 2.75) is 26.3 Å². The average molecular weight is 256 g/mol. The Morgan fingerprint density at radius 3 is 2.76 bits per heavy atom. The number of carboxylic acid groups (broad SMARTS) is 1. The number of carboxylic acids is 1. The highest BCUT2D eigenvalue weighted by molar-refractivity contribution is 7.10. The lowest BCUT2D eigenvalue weighted by Gasteiger charge is -2.05. The van der Waals surface area contributed by atoms with Crippen molar-refractivity contribution in [1.29, 1.82) is 0 Å². The summed E-state index contributed by atoms with van der Waals surface area (Å²) in [5.41, 5.74) is 1.19. The van der Waals surface area contributed by atoms with Gasteiger partial charge in [-0.05, 0) is 30.4 Å². The zero-order chi connectivity index (χ0) is 12.7. The summed E-state index contributed by atoms with van der Waals surface area (Å²) in [7, 11) is 0. The first-order valence-electron chi connectivity index (χ1n) is 5.35. The summed E-state index contributed by atoms with van der Waals surface area (Å²) >= 11 is 1.60. The number of thiophene rings is 1. The van der Waals surface area contributed by atoms with Gasteiger partial charge in [0.05, 0.1) is 6.54 Å². The molecule has 2 amide bonds. The largest absolute Gasteiger partial charge is 0.481 e. The van der Waals surface area contributed by atoms with E-state index in [4.69, 9.17) is 5.11 Å². The van der Waals surface area contributed by atoms with Gasteiger partial charge in [0.25, 0.3) is 0 Å². The van der Waals surface area contributed by atoms with Gasteiger partial charge in [-0.1, -0.05) is 0 Å². The van der Waals surface area contributed by atoms with Gasteiger partial charge in [0, 0.05) is 17.8 Å². The molecule has 94 valence electrons. The lowest BCUT2D eigenvalue weighted by atomic mass is 10.3. The molecule has 17 heavy (non-hydrogen) atoms. The molecule has 0 fully saturated rings. The van der Waals surface area contributed by atoms with Crippen molar-refractivity contribution in [1.82, 2.24) is 10.6 Å². The summed E-state index contributed by atoms with van der Waals surface area (Å²) in [5, 5.41) is 15.8. The third-order valence-electron chi connectivity index (χ3n) is 2.06. The van der Waals surface area contributed by atoms with Crippen molar-refractivity contribution in [3.8, 4) is 0 Å². The van der Waals surface area contributed by atoms with E-state index < -0.39 is 5.97 Å². The second kappa shape index (κ2) is 6.90. The topological polar surface area (TPSA) is 78.4 Å². The van der Waals surface area contributed by atoms with Crippen LogP contribution in [0, 0.1) is 6.92 Å². The van der Waals surface area contributed by atoms with Crippen molar-refractivity contribution in [3.05, 3.63) is 21.9 Å². The first kappa shape index (κ1) is 13.5. The number of hydrogen-bond donors (Lipinski definition) is 3. The third kappa shape index (κ3) is 5.91. The molecule has 0 saturated heterocycles. The summed E-state index contributed by atoms with van der Waals surface area (Å²) in [6.45, 7) is 2.89. The van der Waals surface area contributed by atoms with Crippen LogP contribution in [0.4, 0.5) is 4.79 Å². The van der Waals surface area contributed by atoms with Gasteiger partial charge in [0.1, 0.15) is 0 Å². The van der Waals surface area contributed by atoms with Gasteiger partial charge in [0.15, 0.2) is 0 Å². The minimum absolute atomic E-state index is 0.0738. The zero-order valence-electron chi connectivity index (χ0n) is 9.66. The molecule has 0 bridgehead atoms. The van der Waals surface area contributed by atoms with E-state index in [1.54, 1.807) is 11.3 Å². The smallest absolute Gasteiger partial charge is 0.315 e. The Morgan fingerprint density at radius 2 is 2.18 bits per heavy atom. The third-order valence-corrected chi connectivity index (χ3v) is 3.12. The molecule has 0 aliphatic carbocycles. The molecule has 0 aliphatic rings. The van der Waals surface area contributed by atoms with Gasteiger partial charge in [-0.3, -0.25) is 4.79 Å². The van der Waals surface area contributed by atoms with Crippen LogP contribution in [0.2, 0.25) is 0 Å². The minimum Gasteiger partial charge on any atom is -0.481 e. The van der Waals surface area contributed by atoms with Crippen LogP contribution < -0.4 is 10.6 Å². The highest BCUT2D eigenvalue weighted by Crippen LogP contribution is 2.12. The van der Waals surface area contributed by atoms with Crippen LogP contribution in [-0.4, -0.2) is 23.7 Å². The average Bonchev–Trinajstić information content (AvgIpc) is 2.67. The number of hydrogen-bond acceptors (Lipinski definition) is 3. The Hall–Kier alpha value is -1.56. The van der Waals surface area contributed by atoms with Gasteiger partial charge >= 0.3 is 12.0 Å². The van der Waals surface area contributed by atoms with Crippen molar-refractivity contribution in [3.63, 3.8) is 0 Å². The molecular formula is C11H16N2O3S. The Labute approximate surface area is 104 Å². The number of urea groups is 1. The van der Waals surface area contributed by atoms with Gasteiger partial charge in [0.2, 0.25) is 0 Å². The van der Waals surface area contributed by atoms with Gasteiger partial charge in [-0.15, -0.1) is 11.3 Å². The monoisotopic (exact) mass is 256 g/mol. The molecule has 1 rings (SSSR count). The van der Waals surface area contributed by atoms with Crippen molar-refractivity contribution in [2.24, 2.45) is 0 Å². The lowest BCUT2D eigenvalue weighted by molar-refractivity contribution is -0.137. The highest BCUT2D eigenvalue weighted by atomic mass is 32.1. The van der Waals surface area contributed by atoms with E-state index in [0.29, 0.717) is 19.5 Å². The van der Waals surface area contributed by atoms with Crippen LogP contribution >= 0.6 is 11.3 Å².